The quantitative estimate of drug-likeness (QED) is 0.525. The lowest BCUT2D eigenvalue weighted by molar-refractivity contribution is -0.00168. The molecule has 0 aromatic carbocycles. The molecular formula is C21H40. The minimum atomic E-state index is 0.567. The average Bonchev–Trinajstić information content (AvgIpc) is 2.30. The molecule has 0 spiro atoms. The second-order valence-electron chi connectivity index (χ2n) is 10.4. The van der Waals surface area contributed by atoms with Crippen molar-refractivity contribution >= 4 is 0 Å². The molecule has 2 aliphatic carbocycles. The molecule has 0 aliphatic heterocycles. The zero-order valence-electron chi connectivity index (χ0n) is 16.0. The van der Waals surface area contributed by atoms with Crippen LogP contribution in [0.4, 0.5) is 0 Å². The molecule has 0 heterocycles. The Morgan fingerprint density at radius 2 is 1.10 bits per heavy atom. The van der Waals surface area contributed by atoms with Crippen LogP contribution >= 0.6 is 0 Å². The number of rotatable bonds is 2. The molecule has 0 bridgehead atoms. The summed E-state index contributed by atoms with van der Waals surface area (Å²) >= 11 is 0. The smallest absolute Gasteiger partial charge is 0.0318 e. The fourth-order valence-electron chi connectivity index (χ4n) is 6.40. The van der Waals surface area contributed by atoms with Gasteiger partial charge in [-0.15, -0.1) is 0 Å². The van der Waals surface area contributed by atoms with Crippen molar-refractivity contribution in [3.05, 3.63) is 0 Å². The van der Waals surface area contributed by atoms with E-state index in [1.54, 1.807) is 0 Å². The molecule has 0 saturated heterocycles. The van der Waals surface area contributed by atoms with E-state index in [2.05, 4.69) is 55.4 Å². The molecule has 2 rings (SSSR count). The van der Waals surface area contributed by atoms with Crippen molar-refractivity contribution in [2.75, 3.05) is 0 Å². The van der Waals surface area contributed by atoms with Gasteiger partial charge in [-0.2, -0.15) is 0 Å². The summed E-state index contributed by atoms with van der Waals surface area (Å²) < 4.78 is 0. The van der Waals surface area contributed by atoms with Crippen LogP contribution in [0.2, 0.25) is 0 Å². The van der Waals surface area contributed by atoms with Crippen LogP contribution in [0.5, 0.6) is 0 Å². The topological polar surface area (TPSA) is 0 Å². The predicted molar refractivity (Wildman–Crippen MR) is 94.3 cm³/mol. The van der Waals surface area contributed by atoms with Crippen molar-refractivity contribution in [3.63, 3.8) is 0 Å². The molecule has 2 saturated carbocycles. The average molecular weight is 293 g/mol. The first-order valence-electron chi connectivity index (χ1n) is 9.53. The monoisotopic (exact) mass is 292 g/mol. The standard InChI is InChI=1S/C21H40/c1-14-11-21(8,12-15(2)18(14)5)13-19-16(3)9-20(6,7)10-17(19)4/h14-19H,9-13H2,1-8H3. The molecule has 0 heteroatoms. The predicted octanol–water partition coefficient (Wildman–Crippen LogP) is 6.79. The summed E-state index contributed by atoms with van der Waals surface area (Å²) in [5, 5.41) is 0. The summed E-state index contributed by atoms with van der Waals surface area (Å²) in [4.78, 5) is 0. The van der Waals surface area contributed by atoms with Gasteiger partial charge in [0.1, 0.15) is 0 Å². The first kappa shape index (κ1) is 17.4. The zero-order valence-corrected chi connectivity index (χ0v) is 16.0. The Balaban J connectivity index is 2.06. The van der Waals surface area contributed by atoms with Crippen LogP contribution < -0.4 is 0 Å². The van der Waals surface area contributed by atoms with Crippen LogP contribution in [0.3, 0.4) is 0 Å². The Bertz CT molecular complexity index is 327. The van der Waals surface area contributed by atoms with Crippen molar-refractivity contribution in [2.24, 2.45) is 46.3 Å². The molecule has 0 nitrogen and oxygen atoms in total. The van der Waals surface area contributed by atoms with Gasteiger partial charge in [-0.05, 0) is 78.4 Å². The number of hydrogen-bond donors (Lipinski definition) is 0. The third kappa shape index (κ3) is 3.85. The Morgan fingerprint density at radius 1 is 0.667 bits per heavy atom. The fourth-order valence-corrected chi connectivity index (χ4v) is 6.40. The zero-order chi connectivity index (χ0) is 16.0. The van der Waals surface area contributed by atoms with E-state index in [9.17, 15) is 0 Å². The third-order valence-corrected chi connectivity index (χ3v) is 7.36. The molecular weight excluding hydrogens is 252 g/mol. The molecule has 21 heavy (non-hydrogen) atoms. The van der Waals surface area contributed by atoms with Gasteiger partial charge >= 0.3 is 0 Å². The van der Waals surface area contributed by atoms with Crippen molar-refractivity contribution in [1.82, 2.24) is 0 Å². The van der Waals surface area contributed by atoms with Gasteiger partial charge in [0, 0.05) is 0 Å². The highest BCUT2D eigenvalue weighted by atomic mass is 14.5. The van der Waals surface area contributed by atoms with Crippen molar-refractivity contribution in [1.29, 1.82) is 0 Å². The summed E-state index contributed by atoms with van der Waals surface area (Å²) in [7, 11) is 0. The van der Waals surface area contributed by atoms with Crippen LogP contribution in [0, 0.1) is 46.3 Å². The molecule has 2 aliphatic rings. The van der Waals surface area contributed by atoms with Crippen molar-refractivity contribution in [3.8, 4) is 0 Å². The molecule has 2 fully saturated rings. The lowest BCUT2D eigenvalue weighted by Gasteiger charge is -2.50. The second-order valence-corrected chi connectivity index (χ2v) is 10.4. The molecule has 4 unspecified atom stereocenters. The maximum absolute atomic E-state index is 2.60. The minimum Gasteiger partial charge on any atom is -0.0622 e. The van der Waals surface area contributed by atoms with E-state index in [1.807, 2.05) is 0 Å². The lowest BCUT2D eigenvalue weighted by Crippen LogP contribution is -2.41. The van der Waals surface area contributed by atoms with Crippen LogP contribution in [0.25, 0.3) is 0 Å². The van der Waals surface area contributed by atoms with Crippen LogP contribution in [0.1, 0.15) is 87.5 Å². The minimum absolute atomic E-state index is 0.567. The summed E-state index contributed by atoms with van der Waals surface area (Å²) in [5.41, 5.74) is 1.16. The highest BCUT2D eigenvalue weighted by molar-refractivity contribution is 4.94. The molecule has 0 aromatic rings. The molecule has 0 N–H and O–H groups in total. The Morgan fingerprint density at radius 3 is 1.52 bits per heavy atom. The molecule has 0 amide bonds. The fraction of sp³-hybridized carbons (Fsp3) is 1.00. The van der Waals surface area contributed by atoms with E-state index in [1.165, 1.54) is 32.1 Å². The van der Waals surface area contributed by atoms with E-state index < -0.39 is 0 Å². The Labute approximate surface area is 134 Å². The summed E-state index contributed by atoms with van der Waals surface area (Å²) in [6, 6.07) is 0. The van der Waals surface area contributed by atoms with Crippen molar-refractivity contribution in [2.45, 2.75) is 87.5 Å². The maximum atomic E-state index is 2.60. The SMILES string of the molecule is CC1CC(C)(CC2C(C)CC(C)(C)CC2C)CC(C)C1C. The lowest BCUT2D eigenvalue weighted by atomic mass is 9.55. The van der Waals surface area contributed by atoms with Gasteiger partial charge in [-0.1, -0.05) is 55.4 Å². The van der Waals surface area contributed by atoms with Crippen LogP contribution in [0.15, 0.2) is 0 Å². The van der Waals surface area contributed by atoms with E-state index in [0.717, 1.165) is 35.5 Å². The molecule has 0 aromatic heterocycles. The van der Waals surface area contributed by atoms with Gasteiger partial charge in [0.25, 0.3) is 0 Å². The van der Waals surface area contributed by atoms with Gasteiger partial charge in [0.2, 0.25) is 0 Å². The Hall–Kier alpha value is 0. The highest BCUT2D eigenvalue weighted by Crippen LogP contribution is 2.53. The Kier molecular flexibility index (Phi) is 4.87. The van der Waals surface area contributed by atoms with Gasteiger partial charge in [0.05, 0.1) is 0 Å². The van der Waals surface area contributed by atoms with Gasteiger partial charge in [0.15, 0.2) is 0 Å². The summed E-state index contributed by atoms with van der Waals surface area (Å²) in [6.07, 6.45) is 7.25. The van der Waals surface area contributed by atoms with Gasteiger partial charge in [-0.3, -0.25) is 0 Å². The van der Waals surface area contributed by atoms with E-state index in [4.69, 9.17) is 0 Å². The first-order valence-corrected chi connectivity index (χ1v) is 9.53. The molecule has 4 atom stereocenters. The van der Waals surface area contributed by atoms with E-state index in [0.29, 0.717) is 10.8 Å². The van der Waals surface area contributed by atoms with Gasteiger partial charge < -0.3 is 0 Å². The third-order valence-electron chi connectivity index (χ3n) is 7.36. The van der Waals surface area contributed by atoms with Crippen molar-refractivity contribution < 1.29 is 0 Å². The number of hydrogen-bond acceptors (Lipinski definition) is 0. The van der Waals surface area contributed by atoms with Crippen LogP contribution in [-0.2, 0) is 0 Å². The van der Waals surface area contributed by atoms with Gasteiger partial charge in [-0.25, -0.2) is 0 Å². The largest absolute Gasteiger partial charge is 0.0622 e. The van der Waals surface area contributed by atoms with E-state index >= 15 is 0 Å². The highest BCUT2D eigenvalue weighted by Gasteiger charge is 2.44. The van der Waals surface area contributed by atoms with E-state index in [-0.39, 0.29) is 0 Å². The molecule has 124 valence electrons. The first-order chi connectivity index (χ1) is 9.53. The normalized spacial score (nSPS) is 50.9. The molecule has 0 radical (unpaired) electrons. The summed E-state index contributed by atoms with van der Waals surface area (Å²) in [5.74, 6) is 5.50. The maximum Gasteiger partial charge on any atom is -0.0318 e. The second kappa shape index (κ2) is 5.89. The van der Waals surface area contributed by atoms with Crippen LogP contribution in [-0.4, -0.2) is 0 Å². The summed E-state index contributed by atoms with van der Waals surface area (Å²) in [6.45, 7) is 20.1.